The number of carbonyl (C=O) groups is 1. The molecular formula is C25H25ClF4N6O6S2. The lowest BCUT2D eigenvalue weighted by atomic mass is 9.99. The molecule has 1 saturated heterocycles. The summed E-state index contributed by atoms with van der Waals surface area (Å²) in [5.41, 5.74) is -1.14. The lowest BCUT2D eigenvalue weighted by Gasteiger charge is -2.42. The topological polar surface area (TPSA) is 151 Å². The first-order valence-corrected chi connectivity index (χ1v) is 15.9. The van der Waals surface area contributed by atoms with Crippen LogP contribution in [0.2, 0.25) is 5.02 Å². The van der Waals surface area contributed by atoms with E-state index in [2.05, 4.69) is 20.0 Å². The van der Waals surface area contributed by atoms with E-state index in [1.54, 1.807) is 0 Å². The van der Waals surface area contributed by atoms with E-state index in [9.17, 15) is 34.8 Å². The van der Waals surface area contributed by atoms with E-state index >= 15 is 4.39 Å². The number of carbonyl (C=O) groups excluding carboxylic acids is 1. The third-order valence-electron chi connectivity index (χ3n) is 6.73. The van der Waals surface area contributed by atoms with Gasteiger partial charge in [0.1, 0.15) is 29.6 Å². The first-order chi connectivity index (χ1) is 20.6. The molecule has 0 bridgehead atoms. The predicted octanol–water partition coefficient (Wildman–Crippen LogP) is 3.39. The molecule has 0 amide bonds. The Kier molecular flexibility index (Phi) is 9.99. The number of hydrogen-bond donors (Lipinski definition) is 2. The zero-order chi connectivity index (χ0) is 32.3. The van der Waals surface area contributed by atoms with Gasteiger partial charge in [-0.3, -0.25) is 14.4 Å². The summed E-state index contributed by atoms with van der Waals surface area (Å²) >= 11 is 6.34. The van der Waals surface area contributed by atoms with Gasteiger partial charge < -0.3 is 10.1 Å². The third-order valence-corrected chi connectivity index (χ3v) is 10.3. The molecule has 2 N–H and O–H groups in total. The number of likely N-dealkylation sites (N-methyl/N-ethyl adjacent to an activating group) is 1. The van der Waals surface area contributed by atoms with Crippen molar-refractivity contribution in [3.05, 3.63) is 71.4 Å². The van der Waals surface area contributed by atoms with Crippen molar-refractivity contribution in [1.82, 2.24) is 19.2 Å². The molecule has 44 heavy (non-hydrogen) atoms. The molecule has 3 aromatic rings. The number of aromatic nitrogens is 2. The molecule has 1 aromatic heterocycles. The summed E-state index contributed by atoms with van der Waals surface area (Å²) < 4.78 is 115. The van der Waals surface area contributed by atoms with Crippen LogP contribution in [0.3, 0.4) is 0 Å². The molecule has 1 fully saturated rings. The van der Waals surface area contributed by atoms with Gasteiger partial charge in [-0.2, -0.15) is 17.5 Å². The fourth-order valence-electron chi connectivity index (χ4n) is 4.55. The van der Waals surface area contributed by atoms with Crippen LogP contribution < -0.4 is 10.0 Å². The van der Waals surface area contributed by atoms with Gasteiger partial charge in [-0.1, -0.05) is 17.7 Å². The van der Waals surface area contributed by atoms with Crippen molar-refractivity contribution in [1.29, 1.82) is 0 Å². The molecule has 0 radical (unpaired) electrons. The lowest BCUT2D eigenvalue weighted by Crippen LogP contribution is -2.58. The van der Waals surface area contributed by atoms with E-state index in [4.69, 9.17) is 16.3 Å². The number of ether oxygens (including phenoxy) is 1. The molecule has 4 rings (SSSR count). The van der Waals surface area contributed by atoms with Crippen molar-refractivity contribution < 1.29 is 43.9 Å². The van der Waals surface area contributed by atoms with Gasteiger partial charge in [0.15, 0.2) is 0 Å². The summed E-state index contributed by atoms with van der Waals surface area (Å²) in [7, 11) is -7.32. The molecule has 2 atom stereocenters. The third kappa shape index (κ3) is 7.55. The highest BCUT2D eigenvalue weighted by Gasteiger charge is 2.39. The molecule has 0 saturated carbocycles. The summed E-state index contributed by atoms with van der Waals surface area (Å²) in [4.78, 5) is 18.4. The number of nitrogens with one attached hydrogen (secondary N) is 2. The Morgan fingerprint density at radius 3 is 2.59 bits per heavy atom. The summed E-state index contributed by atoms with van der Waals surface area (Å²) in [6.07, 6.45) is -2.32. The Morgan fingerprint density at radius 1 is 1.18 bits per heavy atom. The highest BCUT2D eigenvalue weighted by Crippen LogP contribution is 2.34. The number of rotatable bonds is 11. The molecule has 238 valence electrons. The highest BCUT2D eigenvalue weighted by atomic mass is 35.5. The van der Waals surface area contributed by atoms with Crippen molar-refractivity contribution in [3.8, 4) is 0 Å². The second-order valence-electron chi connectivity index (χ2n) is 9.61. The molecule has 1 aliphatic rings. The van der Waals surface area contributed by atoms with E-state index in [0.29, 0.717) is 6.07 Å². The zero-order valence-electron chi connectivity index (χ0n) is 22.7. The van der Waals surface area contributed by atoms with Crippen molar-refractivity contribution in [2.45, 2.75) is 34.5 Å². The van der Waals surface area contributed by atoms with Crippen LogP contribution in [-0.4, -0.2) is 81.4 Å². The van der Waals surface area contributed by atoms with Crippen LogP contribution >= 0.6 is 11.6 Å². The number of nitrogens with zero attached hydrogens (tertiary/aromatic N) is 4. The molecule has 0 spiro atoms. The van der Waals surface area contributed by atoms with Crippen molar-refractivity contribution in [3.63, 3.8) is 0 Å². The normalized spacial score (nSPS) is 18.2. The van der Waals surface area contributed by atoms with Crippen LogP contribution in [0.4, 0.5) is 29.1 Å². The molecule has 0 aliphatic carbocycles. The van der Waals surface area contributed by atoms with Crippen LogP contribution in [0.25, 0.3) is 0 Å². The Balaban J connectivity index is 1.59. The summed E-state index contributed by atoms with van der Waals surface area (Å²) in [5, 5.41) is 2.82. The van der Waals surface area contributed by atoms with Crippen molar-refractivity contribution in [2.75, 3.05) is 36.9 Å². The van der Waals surface area contributed by atoms with Crippen LogP contribution in [0, 0.1) is 5.82 Å². The molecule has 2 heterocycles. The average Bonchev–Trinajstić information content (AvgIpc) is 2.97. The summed E-state index contributed by atoms with van der Waals surface area (Å²) in [6.45, 7) is -0.507. The quantitative estimate of drug-likeness (QED) is 0.175. The summed E-state index contributed by atoms with van der Waals surface area (Å²) in [5.74, 6) is -1.26. The van der Waals surface area contributed by atoms with E-state index in [1.807, 2.05) is 0 Å². The lowest BCUT2D eigenvalue weighted by molar-refractivity contribution is -0.137. The second kappa shape index (κ2) is 13.2. The van der Waals surface area contributed by atoms with Gasteiger partial charge in [0, 0.05) is 31.4 Å². The first-order valence-electron chi connectivity index (χ1n) is 12.6. The van der Waals surface area contributed by atoms with E-state index in [1.165, 1.54) is 24.2 Å². The van der Waals surface area contributed by atoms with Crippen LogP contribution in [0.15, 0.2) is 64.8 Å². The van der Waals surface area contributed by atoms with Crippen molar-refractivity contribution >= 4 is 49.6 Å². The van der Waals surface area contributed by atoms with E-state index in [0.717, 1.165) is 41.0 Å². The van der Waals surface area contributed by atoms with Gasteiger partial charge in [-0.05, 0) is 49.9 Å². The van der Waals surface area contributed by atoms with Crippen LogP contribution in [0.5, 0.6) is 0 Å². The van der Waals surface area contributed by atoms with Crippen LogP contribution in [-0.2, 0) is 35.8 Å². The molecule has 19 heteroatoms. The Morgan fingerprint density at radius 2 is 1.93 bits per heavy atom. The molecular weight excluding hydrogens is 656 g/mol. The monoisotopic (exact) mass is 680 g/mol. The molecule has 12 nitrogen and oxygen atoms in total. The molecule has 2 aromatic carbocycles. The van der Waals surface area contributed by atoms with Crippen LogP contribution in [0.1, 0.15) is 12.0 Å². The maximum atomic E-state index is 15.1. The highest BCUT2D eigenvalue weighted by molar-refractivity contribution is 7.92. The van der Waals surface area contributed by atoms with Gasteiger partial charge in [-0.15, -0.1) is 0 Å². The Hall–Kier alpha value is -3.58. The first kappa shape index (κ1) is 33.3. The molecule has 0 unspecified atom stereocenters. The van der Waals surface area contributed by atoms with E-state index < -0.39 is 59.5 Å². The SMILES string of the molecule is CN(COC=O)[C@H]1CN(S(=O)(=O)c2cccc(C(F)(F)F)c2)CC[C@@H]1Nc1cc(F)c(S(=O)(=O)Nc2ccncn2)cc1Cl. The fourth-order valence-corrected chi connectivity index (χ4v) is 7.45. The van der Waals surface area contributed by atoms with Gasteiger partial charge in [-0.25, -0.2) is 31.2 Å². The number of anilines is 2. The number of benzene rings is 2. The maximum absolute atomic E-state index is 15.1. The second-order valence-corrected chi connectivity index (χ2v) is 13.6. The minimum Gasteiger partial charge on any atom is -0.452 e. The minimum atomic E-state index is -4.76. The number of halogens is 5. The number of alkyl halides is 3. The van der Waals surface area contributed by atoms with Crippen molar-refractivity contribution in [2.24, 2.45) is 0 Å². The van der Waals surface area contributed by atoms with Gasteiger partial charge >= 0.3 is 6.18 Å². The number of hydrogen-bond acceptors (Lipinski definition) is 10. The Labute approximate surface area is 255 Å². The number of piperidine rings is 1. The molecule has 1 aliphatic heterocycles. The van der Waals surface area contributed by atoms with Gasteiger partial charge in [0.2, 0.25) is 10.0 Å². The van der Waals surface area contributed by atoms with Gasteiger partial charge in [0.25, 0.3) is 16.5 Å². The van der Waals surface area contributed by atoms with Gasteiger partial charge in [0.05, 0.1) is 21.2 Å². The Bertz CT molecular complexity index is 1720. The largest absolute Gasteiger partial charge is 0.452 e. The summed E-state index contributed by atoms with van der Waals surface area (Å²) in [6, 6.07) is 4.94. The fraction of sp³-hybridized carbons (Fsp3) is 0.320. The number of sulfonamides is 2. The predicted molar refractivity (Wildman–Crippen MR) is 150 cm³/mol. The maximum Gasteiger partial charge on any atom is 0.416 e. The van der Waals surface area contributed by atoms with E-state index in [-0.39, 0.29) is 49.2 Å². The smallest absolute Gasteiger partial charge is 0.416 e. The zero-order valence-corrected chi connectivity index (χ0v) is 25.1. The standard InChI is InChI=1S/C25H25ClF4N6O6S2/c1-35(14-42-15-37)22-12-36(44(40,41)17-4-2-3-16(9-17)25(28,29)30)8-6-20(22)33-21-11-19(27)23(10-18(21)26)43(38,39)34-24-5-7-31-13-32-24/h2-5,7,9-11,13,15,20,22,33H,6,8,12,14H2,1H3,(H,31,32,34)/t20-,22-/m0/s1. The average molecular weight is 681 g/mol. The minimum absolute atomic E-state index is 0.0148.